The van der Waals surface area contributed by atoms with Crippen molar-refractivity contribution in [3.63, 3.8) is 0 Å². The van der Waals surface area contributed by atoms with Gasteiger partial charge < -0.3 is 14.3 Å². The third kappa shape index (κ3) is 1.82. The molecule has 0 spiro atoms. The van der Waals surface area contributed by atoms with Crippen LogP contribution in [0.25, 0.3) is 11.0 Å². The van der Waals surface area contributed by atoms with Crippen molar-refractivity contribution in [3.05, 3.63) is 22.7 Å². The predicted molar refractivity (Wildman–Crippen MR) is 71.0 cm³/mol. The molecule has 1 N–H and O–H groups in total. The average molecular weight is 266 g/mol. The van der Waals surface area contributed by atoms with Gasteiger partial charge in [0, 0.05) is 18.7 Å². The van der Waals surface area contributed by atoms with E-state index in [4.69, 9.17) is 17.0 Å². The molecular formula is C13H15FN2OS. The summed E-state index contributed by atoms with van der Waals surface area (Å²) < 4.78 is 21.3. The molecule has 1 saturated carbocycles. The molecule has 0 bridgehead atoms. The fourth-order valence-corrected chi connectivity index (χ4v) is 2.71. The maximum absolute atomic E-state index is 13.6. The van der Waals surface area contributed by atoms with Crippen molar-refractivity contribution >= 4 is 23.3 Å². The number of H-pyrrole nitrogens is 1. The Morgan fingerprint density at radius 1 is 1.50 bits per heavy atom. The zero-order valence-corrected chi connectivity index (χ0v) is 11.0. The standard InChI is InChI=1S/C13H15FN2OS/c1-17-12-6-11-10(5-9(12)14)15-13(18)16(11)7-8-3-2-4-8/h5-6,8H,2-4,7H2,1H3,(H,15,18). The second kappa shape index (κ2) is 4.39. The number of halogens is 1. The summed E-state index contributed by atoms with van der Waals surface area (Å²) in [5, 5.41) is 0. The van der Waals surface area contributed by atoms with Crippen molar-refractivity contribution in [1.29, 1.82) is 0 Å². The van der Waals surface area contributed by atoms with Gasteiger partial charge in [-0.3, -0.25) is 0 Å². The molecule has 0 radical (unpaired) electrons. The van der Waals surface area contributed by atoms with E-state index in [1.54, 1.807) is 6.07 Å². The quantitative estimate of drug-likeness (QED) is 0.859. The highest BCUT2D eigenvalue weighted by molar-refractivity contribution is 7.71. The number of aromatic nitrogens is 2. The monoisotopic (exact) mass is 266 g/mol. The summed E-state index contributed by atoms with van der Waals surface area (Å²) in [4.78, 5) is 3.05. The van der Waals surface area contributed by atoms with Gasteiger partial charge in [0.1, 0.15) is 0 Å². The number of nitrogens with zero attached hydrogens (tertiary/aromatic N) is 1. The number of imidazole rings is 1. The van der Waals surface area contributed by atoms with Gasteiger partial charge in [0.15, 0.2) is 16.3 Å². The Hall–Kier alpha value is -1.36. The number of hydrogen-bond donors (Lipinski definition) is 1. The Morgan fingerprint density at radius 3 is 2.89 bits per heavy atom. The SMILES string of the molecule is COc1cc2c(cc1F)[nH]c(=S)n2CC1CCC1. The van der Waals surface area contributed by atoms with Crippen LogP contribution in [0.4, 0.5) is 4.39 Å². The van der Waals surface area contributed by atoms with Gasteiger partial charge in [-0.2, -0.15) is 0 Å². The van der Waals surface area contributed by atoms with E-state index in [2.05, 4.69) is 9.55 Å². The van der Waals surface area contributed by atoms with Gasteiger partial charge >= 0.3 is 0 Å². The number of nitrogens with one attached hydrogen (secondary N) is 1. The average Bonchev–Trinajstić information content (AvgIpc) is 2.57. The maximum Gasteiger partial charge on any atom is 0.178 e. The molecule has 0 aliphatic heterocycles. The molecule has 3 nitrogen and oxygen atoms in total. The van der Waals surface area contributed by atoms with Crippen LogP contribution in [0.15, 0.2) is 12.1 Å². The molecule has 0 saturated heterocycles. The molecule has 0 unspecified atom stereocenters. The predicted octanol–water partition coefficient (Wildman–Crippen LogP) is 3.65. The number of rotatable bonds is 3. The largest absolute Gasteiger partial charge is 0.494 e. The summed E-state index contributed by atoms with van der Waals surface area (Å²) in [6.45, 7) is 0.910. The zero-order chi connectivity index (χ0) is 12.7. The first-order valence-electron chi connectivity index (χ1n) is 6.15. The fourth-order valence-electron chi connectivity index (χ4n) is 2.43. The summed E-state index contributed by atoms with van der Waals surface area (Å²) in [6.07, 6.45) is 3.82. The molecule has 3 rings (SSSR count). The number of fused-ring (bicyclic) bond motifs is 1. The molecule has 1 fully saturated rings. The minimum atomic E-state index is -0.364. The first kappa shape index (κ1) is 11.7. The molecule has 1 aliphatic carbocycles. The van der Waals surface area contributed by atoms with Gasteiger partial charge in [0.2, 0.25) is 0 Å². The van der Waals surface area contributed by atoms with Crippen LogP contribution in [0, 0.1) is 16.5 Å². The minimum absolute atomic E-state index is 0.263. The fraction of sp³-hybridized carbons (Fsp3) is 0.462. The van der Waals surface area contributed by atoms with E-state index < -0.39 is 0 Å². The van der Waals surface area contributed by atoms with Gasteiger partial charge in [-0.1, -0.05) is 6.42 Å². The topological polar surface area (TPSA) is 29.9 Å². The highest BCUT2D eigenvalue weighted by Crippen LogP contribution is 2.30. The highest BCUT2D eigenvalue weighted by atomic mass is 32.1. The van der Waals surface area contributed by atoms with Crippen molar-refractivity contribution in [1.82, 2.24) is 9.55 Å². The van der Waals surface area contributed by atoms with Gasteiger partial charge in [-0.15, -0.1) is 0 Å². The first-order chi connectivity index (χ1) is 8.69. The third-order valence-corrected chi connectivity index (χ3v) is 4.04. The Balaban J connectivity index is 2.11. The third-order valence-electron chi connectivity index (χ3n) is 3.71. The molecule has 0 atom stereocenters. The van der Waals surface area contributed by atoms with Crippen LogP contribution in [0.1, 0.15) is 19.3 Å². The van der Waals surface area contributed by atoms with E-state index in [9.17, 15) is 4.39 Å². The van der Waals surface area contributed by atoms with Crippen molar-refractivity contribution < 1.29 is 9.13 Å². The molecule has 1 aliphatic rings. The lowest BCUT2D eigenvalue weighted by Crippen LogP contribution is -2.18. The smallest absolute Gasteiger partial charge is 0.178 e. The van der Waals surface area contributed by atoms with Crippen molar-refractivity contribution in [3.8, 4) is 5.75 Å². The first-order valence-corrected chi connectivity index (χ1v) is 6.56. The number of benzene rings is 1. The van der Waals surface area contributed by atoms with Crippen LogP contribution < -0.4 is 4.74 Å². The van der Waals surface area contributed by atoms with Crippen LogP contribution >= 0.6 is 12.2 Å². The summed E-state index contributed by atoms with van der Waals surface area (Å²) in [6, 6.07) is 3.16. The van der Waals surface area contributed by atoms with Gasteiger partial charge in [-0.25, -0.2) is 4.39 Å². The number of hydrogen-bond acceptors (Lipinski definition) is 2. The summed E-state index contributed by atoms with van der Waals surface area (Å²) >= 11 is 5.31. The lowest BCUT2D eigenvalue weighted by Gasteiger charge is -2.25. The normalized spacial score (nSPS) is 15.9. The van der Waals surface area contributed by atoms with E-state index in [0.29, 0.717) is 10.7 Å². The van der Waals surface area contributed by atoms with Crippen LogP contribution in [-0.4, -0.2) is 16.7 Å². The van der Waals surface area contributed by atoms with E-state index >= 15 is 0 Å². The van der Waals surface area contributed by atoms with Crippen LogP contribution in [-0.2, 0) is 6.54 Å². The second-order valence-electron chi connectivity index (χ2n) is 4.84. The Kier molecular flexibility index (Phi) is 2.86. The van der Waals surface area contributed by atoms with E-state index in [0.717, 1.165) is 17.6 Å². The minimum Gasteiger partial charge on any atom is -0.494 e. The zero-order valence-electron chi connectivity index (χ0n) is 10.2. The summed E-state index contributed by atoms with van der Waals surface area (Å²) in [5.74, 6) is 0.600. The molecule has 1 heterocycles. The summed E-state index contributed by atoms with van der Waals surface area (Å²) in [7, 11) is 1.47. The van der Waals surface area contributed by atoms with Crippen molar-refractivity contribution in [2.24, 2.45) is 5.92 Å². The molecule has 0 amide bonds. The highest BCUT2D eigenvalue weighted by Gasteiger charge is 2.20. The molecule has 96 valence electrons. The molecule has 18 heavy (non-hydrogen) atoms. The molecule has 5 heteroatoms. The lowest BCUT2D eigenvalue weighted by molar-refractivity contribution is 0.278. The van der Waals surface area contributed by atoms with Gasteiger partial charge in [0.05, 0.1) is 18.1 Å². The van der Waals surface area contributed by atoms with Gasteiger partial charge in [-0.05, 0) is 31.0 Å². The molecular weight excluding hydrogens is 251 g/mol. The van der Waals surface area contributed by atoms with Gasteiger partial charge in [0.25, 0.3) is 0 Å². The van der Waals surface area contributed by atoms with E-state index in [1.807, 2.05) is 0 Å². The summed E-state index contributed by atoms with van der Waals surface area (Å²) in [5.41, 5.74) is 1.66. The van der Waals surface area contributed by atoms with Crippen LogP contribution in [0.5, 0.6) is 5.75 Å². The Labute approximate surface area is 110 Å². The molecule has 1 aromatic heterocycles. The maximum atomic E-state index is 13.6. The molecule has 1 aromatic carbocycles. The number of aromatic amines is 1. The molecule has 2 aromatic rings. The van der Waals surface area contributed by atoms with Crippen LogP contribution in [0.2, 0.25) is 0 Å². The van der Waals surface area contributed by atoms with Crippen molar-refractivity contribution in [2.75, 3.05) is 7.11 Å². The van der Waals surface area contributed by atoms with E-state index in [-0.39, 0.29) is 11.6 Å². The number of ether oxygens (including phenoxy) is 1. The Bertz CT molecular complexity index is 642. The van der Waals surface area contributed by atoms with Crippen molar-refractivity contribution in [2.45, 2.75) is 25.8 Å². The van der Waals surface area contributed by atoms with Crippen LogP contribution in [0.3, 0.4) is 0 Å². The Morgan fingerprint density at radius 2 is 2.28 bits per heavy atom. The lowest BCUT2D eigenvalue weighted by atomic mass is 9.85. The van der Waals surface area contributed by atoms with E-state index in [1.165, 1.54) is 32.4 Å². The second-order valence-corrected chi connectivity index (χ2v) is 5.23. The number of methoxy groups -OCH3 is 1.